The second-order valence-corrected chi connectivity index (χ2v) is 7.41. The summed E-state index contributed by atoms with van der Waals surface area (Å²) in [6.45, 7) is 6.33. The Labute approximate surface area is 160 Å². The molecule has 2 fully saturated rings. The van der Waals surface area contributed by atoms with Crippen molar-refractivity contribution in [3.05, 3.63) is 54.5 Å². The number of aromatic nitrogens is 2. The maximum Gasteiger partial charge on any atom is 0.225 e. The zero-order chi connectivity index (χ0) is 18.5. The number of piperidine rings is 1. The van der Waals surface area contributed by atoms with Gasteiger partial charge in [-0.15, -0.1) is 0 Å². The minimum atomic E-state index is 0.151. The van der Waals surface area contributed by atoms with E-state index in [1.54, 1.807) is 18.6 Å². The fraction of sp³-hybridized carbons (Fsp3) is 0.476. The van der Waals surface area contributed by atoms with Gasteiger partial charge < -0.3 is 9.80 Å². The van der Waals surface area contributed by atoms with Crippen LogP contribution in [0.2, 0.25) is 0 Å². The Kier molecular flexibility index (Phi) is 5.63. The van der Waals surface area contributed by atoms with Crippen molar-refractivity contribution >= 4 is 11.7 Å². The molecule has 27 heavy (non-hydrogen) atoms. The van der Waals surface area contributed by atoms with Gasteiger partial charge in [0, 0.05) is 64.1 Å². The molecule has 0 atom stereocenters. The number of hydrogen-bond acceptors (Lipinski definition) is 5. The normalized spacial score (nSPS) is 19.3. The Morgan fingerprint density at radius 1 is 0.963 bits per heavy atom. The van der Waals surface area contributed by atoms with E-state index in [1.165, 1.54) is 5.56 Å². The van der Waals surface area contributed by atoms with Crippen molar-refractivity contribution in [3.8, 4) is 0 Å². The second kappa shape index (κ2) is 8.48. The highest BCUT2D eigenvalue weighted by molar-refractivity contribution is 5.79. The van der Waals surface area contributed by atoms with Crippen LogP contribution in [0, 0.1) is 5.92 Å². The lowest BCUT2D eigenvalue weighted by molar-refractivity contribution is -0.138. The number of nitrogens with zero attached hydrogens (tertiary/aromatic N) is 5. The molecular formula is C21H27N5O. The Bertz CT molecular complexity index is 723. The molecule has 1 aromatic heterocycles. The fourth-order valence-corrected chi connectivity index (χ4v) is 4.04. The standard InChI is InChI=1S/C21H27N5O/c27-21(19-6-10-25(11-7-19)20-16-22-8-9-23-20)26-14-12-24(13-15-26)17-18-4-2-1-3-5-18/h1-5,8-9,16,19H,6-7,10-15,17H2. The summed E-state index contributed by atoms with van der Waals surface area (Å²) in [5.41, 5.74) is 1.34. The maximum absolute atomic E-state index is 12.9. The van der Waals surface area contributed by atoms with E-state index in [-0.39, 0.29) is 5.92 Å². The molecule has 2 aliphatic heterocycles. The number of anilines is 1. The van der Waals surface area contributed by atoms with Crippen LogP contribution in [-0.2, 0) is 11.3 Å². The van der Waals surface area contributed by atoms with Crippen LogP contribution in [0.3, 0.4) is 0 Å². The van der Waals surface area contributed by atoms with E-state index in [0.717, 1.165) is 64.5 Å². The lowest BCUT2D eigenvalue weighted by Gasteiger charge is -2.38. The molecule has 2 saturated heterocycles. The first kappa shape index (κ1) is 17.9. The largest absolute Gasteiger partial charge is 0.355 e. The van der Waals surface area contributed by atoms with Gasteiger partial charge in [0.05, 0.1) is 6.20 Å². The van der Waals surface area contributed by atoms with Crippen molar-refractivity contribution in [2.24, 2.45) is 5.92 Å². The van der Waals surface area contributed by atoms with E-state index in [0.29, 0.717) is 5.91 Å². The molecule has 0 bridgehead atoms. The SMILES string of the molecule is O=C(C1CCN(c2cnccn2)CC1)N1CCN(Cc2ccccc2)CC1. The molecule has 0 aliphatic carbocycles. The summed E-state index contributed by atoms with van der Waals surface area (Å²) in [5.74, 6) is 1.41. The summed E-state index contributed by atoms with van der Waals surface area (Å²) >= 11 is 0. The molecule has 0 spiro atoms. The molecule has 4 rings (SSSR count). The molecule has 3 heterocycles. The maximum atomic E-state index is 12.9. The van der Waals surface area contributed by atoms with Crippen molar-refractivity contribution in [1.82, 2.24) is 19.8 Å². The molecule has 0 radical (unpaired) electrons. The lowest BCUT2D eigenvalue weighted by Crippen LogP contribution is -2.51. The van der Waals surface area contributed by atoms with E-state index in [4.69, 9.17) is 0 Å². The van der Waals surface area contributed by atoms with Gasteiger partial charge in [0.15, 0.2) is 0 Å². The van der Waals surface area contributed by atoms with E-state index < -0.39 is 0 Å². The van der Waals surface area contributed by atoms with Gasteiger partial charge in [-0.3, -0.25) is 14.7 Å². The van der Waals surface area contributed by atoms with Crippen molar-refractivity contribution in [3.63, 3.8) is 0 Å². The van der Waals surface area contributed by atoms with Crippen molar-refractivity contribution in [2.75, 3.05) is 44.2 Å². The molecule has 142 valence electrons. The highest BCUT2D eigenvalue weighted by atomic mass is 16.2. The highest BCUT2D eigenvalue weighted by Crippen LogP contribution is 2.23. The minimum Gasteiger partial charge on any atom is -0.355 e. The van der Waals surface area contributed by atoms with E-state index >= 15 is 0 Å². The first-order valence-corrected chi connectivity index (χ1v) is 9.85. The molecule has 6 heteroatoms. The smallest absolute Gasteiger partial charge is 0.225 e. The van der Waals surface area contributed by atoms with Gasteiger partial charge in [-0.1, -0.05) is 30.3 Å². The quantitative estimate of drug-likeness (QED) is 0.830. The van der Waals surface area contributed by atoms with Gasteiger partial charge in [-0.05, 0) is 18.4 Å². The second-order valence-electron chi connectivity index (χ2n) is 7.41. The number of benzene rings is 1. The monoisotopic (exact) mass is 365 g/mol. The summed E-state index contributed by atoms with van der Waals surface area (Å²) in [7, 11) is 0. The molecule has 1 aromatic carbocycles. The van der Waals surface area contributed by atoms with Crippen molar-refractivity contribution in [1.29, 1.82) is 0 Å². The van der Waals surface area contributed by atoms with Gasteiger partial charge in [-0.25, -0.2) is 4.98 Å². The van der Waals surface area contributed by atoms with Gasteiger partial charge in [0.2, 0.25) is 5.91 Å². The third-order valence-electron chi connectivity index (χ3n) is 5.65. The van der Waals surface area contributed by atoms with Gasteiger partial charge in [0.25, 0.3) is 0 Å². The number of hydrogen-bond donors (Lipinski definition) is 0. The summed E-state index contributed by atoms with van der Waals surface area (Å²) in [4.78, 5) is 28.2. The van der Waals surface area contributed by atoms with Crippen molar-refractivity contribution < 1.29 is 4.79 Å². The minimum absolute atomic E-state index is 0.151. The van der Waals surface area contributed by atoms with Crippen LogP contribution in [0.25, 0.3) is 0 Å². The van der Waals surface area contributed by atoms with E-state index in [2.05, 4.69) is 55.0 Å². The average molecular weight is 365 g/mol. The number of amides is 1. The van der Waals surface area contributed by atoms with Crippen molar-refractivity contribution in [2.45, 2.75) is 19.4 Å². The fourth-order valence-electron chi connectivity index (χ4n) is 4.04. The molecule has 6 nitrogen and oxygen atoms in total. The summed E-state index contributed by atoms with van der Waals surface area (Å²) in [6, 6.07) is 10.6. The molecule has 0 saturated carbocycles. The third kappa shape index (κ3) is 4.45. The Morgan fingerprint density at radius 2 is 1.70 bits per heavy atom. The predicted octanol–water partition coefficient (Wildman–Crippen LogP) is 2.04. The zero-order valence-electron chi connectivity index (χ0n) is 15.7. The predicted molar refractivity (Wildman–Crippen MR) is 105 cm³/mol. The van der Waals surface area contributed by atoms with Crippen LogP contribution in [-0.4, -0.2) is 64.9 Å². The Balaban J connectivity index is 1.24. The summed E-state index contributed by atoms with van der Waals surface area (Å²) in [5, 5.41) is 0. The van der Waals surface area contributed by atoms with Gasteiger partial charge in [0.1, 0.15) is 5.82 Å². The van der Waals surface area contributed by atoms with Crippen LogP contribution in [0.5, 0.6) is 0 Å². The molecule has 0 N–H and O–H groups in total. The first-order valence-electron chi connectivity index (χ1n) is 9.85. The lowest BCUT2D eigenvalue weighted by atomic mass is 9.95. The van der Waals surface area contributed by atoms with Crippen LogP contribution < -0.4 is 4.90 Å². The topological polar surface area (TPSA) is 52.6 Å². The third-order valence-corrected chi connectivity index (χ3v) is 5.65. The van der Waals surface area contributed by atoms with Crippen LogP contribution in [0.4, 0.5) is 5.82 Å². The molecule has 0 unspecified atom stereocenters. The molecule has 2 aliphatic rings. The first-order chi connectivity index (χ1) is 13.3. The molecular weight excluding hydrogens is 338 g/mol. The Hall–Kier alpha value is -2.47. The summed E-state index contributed by atoms with van der Waals surface area (Å²) < 4.78 is 0. The molecule has 2 aromatic rings. The number of rotatable bonds is 4. The van der Waals surface area contributed by atoms with Gasteiger partial charge in [-0.2, -0.15) is 0 Å². The average Bonchev–Trinajstić information content (AvgIpc) is 2.75. The highest BCUT2D eigenvalue weighted by Gasteiger charge is 2.30. The van der Waals surface area contributed by atoms with E-state index in [1.807, 2.05) is 0 Å². The van der Waals surface area contributed by atoms with E-state index in [9.17, 15) is 4.79 Å². The number of piperazine rings is 1. The van der Waals surface area contributed by atoms with Crippen LogP contribution in [0.1, 0.15) is 18.4 Å². The molecule has 1 amide bonds. The van der Waals surface area contributed by atoms with Crippen LogP contribution >= 0.6 is 0 Å². The summed E-state index contributed by atoms with van der Waals surface area (Å²) in [6.07, 6.45) is 7.02. The van der Waals surface area contributed by atoms with Gasteiger partial charge >= 0.3 is 0 Å². The Morgan fingerprint density at radius 3 is 2.37 bits per heavy atom. The number of carbonyl (C=O) groups is 1. The number of carbonyl (C=O) groups excluding carboxylic acids is 1. The zero-order valence-corrected chi connectivity index (χ0v) is 15.7. The van der Waals surface area contributed by atoms with Crippen LogP contribution in [0.15, 0.2) is 48.9 Å².